The molecule has 0 unspecified atom stereocenters. The largest absolute Gasteiger partial charge is 0.461 e. The highest BCUT2D eigenvalue weighted by atomic mass is 32.2. The number of carbonyl (C=O) groups is 4. The van der Waals surface area contributed by atoms with Crippen LogP contribution in [-0.2, 0) is 28.6 Å². The van der Waals surface area contributed by atoms with Crippen molar-refractivity contribution in [3.63, 3.8) is 0 Å². The van der Waals surface area contributed by atoms with E-state index in [-0.39, 0.29) is 59.7 Å². The van der Waals surface area contributed by atoms with E-state index in [2.05, 4.69) is 35.5 Å². The number of amides is 3. The topological polar surface area (TPSA) is 135 Å². The Labute approximate surface area is 290 Å². The van der Waals surface area contributed by atoms with Gasteiger partial charge >= 0.3 is 18.0 Å². The minimum atomic E-state index is -0.312. The molecular weight excluding hydrogens is 630 g/mol. The van der Waals surface area contributed by atoms with Crippen molar-refractivity contribution in [1.82, 2.24) is 16.0 Å². The van der Waals surface area contributed by atoms with E-state index in [1.54, 1.807) is 0 Å². The summed E-state index contributed by atoms with van der Waals surface area (Å²) in [5.74, 6) is 0.630. The molecule has 0 saturated carbocycles. The zero-order chi connectivity index (χ0) is 33.9. The lowest BCUT2D eigenvalue weighted by molar-refractivity contribution is -0.143. The molecule has 3 N–H and O–H groups in total. The van der Waals surface area contributed by atoms with E-state index in [0.717, 1.165) is 94.9 Å². The van der Waals surface area contributed by atoms with Crippen LogP contribution < -0.4 is 16.0 Å². The van der Waals surface area contributed by atoms with Gasteiger partial charge in [0.25, 0.3) is 0 Å². The average Bonchev–Trinajstić information content (AvgIpc) is 3.25. The van der Waals surface area contributed by atoms with Crippen LogP contribution in [-0.4, -0.2) is 77.9 Å². The Balaban J connectivity index is 0.805. The Bertz CT molecular complexity index is 1190. The monoisotopic (exact) mass is 687 g/mol. The van der Waals surface area contributed by atoms with Crippen LogP contribution in [0.2, 0.25) is 0 Å². The molecule has 0 aromatic heterocycles. The average molecular weight is 688 g/mol. The first-order valence-electron chi connectivity index (χ1n) is 18.6. The Morgan fingerprint density at radius 1 is 1.02 bits per heavy atom. The van der Waals surface area contributed by atoms with Gasteiger partial charge in [-0.1, -0.05) is 64.0 Å². The Morgan fingerprint density at radius 3 is 2.54 bits per heavy atom. The van der Waals surface area contributed by atoms with E-state index in [1.807, 2.05) is 11.8 Å². The van der Waals surface area contributed by atoms with Crippen molar-refractivity contribution in [3.05, 3.63) is 23.8 Å². The SMILES string of the molecule is C=C1C(=O)O[C@H]2[C@H]1CC/C(COC(=O)CCCCCCCCCCCNC(=O)CCCC[C@@H]1SC[C@@H]3NC(=O)N[C@@H]31)=C\CC[C@@]1(C)O[C@@H]21. The zero-order valence-electron chi connectivity index (χ0n) is 28.9. The predicted molar refractivity (Wildman–Crippen MR) is 186 cm³/mol. The summed E-state index contributed by atoms with van der Waals surface area (Å²) >= 11 is 1.93. The number of esters is 2. The van der Waals surface area contributed by atoms with Gasteiger partial charge in [0.05, 0.1) is 17.7 Å². The number of nitrogens with one attached hydrogen (secondary N) is 3. The van der Waals surface area contributed by atoms with Crippen LogP contribution in [0.3, 0.4) is 0 Å². The summed E-state index contributed by atoms with van der Waals surface area (Å²) in [7, 11) is 0. The number of hydrogen-bond donors (Lipinski definition) is 3. The number of allylic oxidation sites excluding steroid dienone is 1. The highest BCUT2D eigenvalue weighted by Crippen LogP contribution is 2.49. The fraction of sp³-hybridized carbons (Fsp3) is 0.784. The molecule has 48 heavy (non-hydrogen) atoms. The summed E-state index contributed by atoms with van der Waals surface area (Å²) in [6, 6.07) is 0.465. The van der Waals surface area contributed by atoms with Gasteiger partial charge in [0, 0.05) is 41.9 Å². The zero-order valence-corrected chi connectivity index (χ0v) is 29.7. The van der Waals surface area contributed by atoms with Crippen molar-refractivity contribution >= 4 is 35.6 Å². The van der Waals surface area contributed by atoms with Gasteiger partial charge in [0.15, 0.2) is 0 Å². The number of carbonyl (C=O) groups excluding carboxylic acids is 4. The Morgan fingerprint density at radius 2 is 1.75 bits per heavy atom. The molecule has 3 amide bonds. The van der Waals surface area contributed by atoms with Crippen LogP contribution in [0.4, 0.5) is 4.79 Å². The van der Waals surface area contributed by atoms with Crippen LogP contribution in [0, 0.1) is 5.92 Å². The fourth-order valence-corrected chi connectivity index (χ4v) is 9.26. The molecule has 0 spiro atoms. The van der Waals surface area contributed by atoms with Gasteiger partial charge in [0.1, 0.15) is 18.8 Å². The summed E-state index contributed by atoms with van der Waals surface area (Å²) in [5.41, 5.74) is 1.37. The summed E-state index contributed by atoms with van der Waals surface area (Å²) in [5, 5.41) is 9.53. The van der Waals surface area contributed by atoms with Crippen molar-refractivity contribution in [1.29, 1.82) is 0 Å². The normalized spacial score (nSPS) is 31.8. The number of epoxide rings is 1. The minimum absolute atomic E-state index is 0.0436. The van der Waals surface area contributed by atoms with Gasteiger partial charge in [-0.05, 0) is 63.9 Å². The van der Waals surface area contributed by atoms with Crippen LogP contribution >= 0.6 is 11.8 Å². The first-order valence-corrected chi connectivity index (χ1v) is 19.6. The van der Waals surface area contributed by atoms with Crippen LogP contribution in [0.25, 0.3) is 0 Å². The molecule has 268 valence electrons. The number of hydrogen-bond acceptors (Lipinski definition) is 8. The third kappa shape index (κ3) is 10.5. The molecule has 10 nitrogen and oxygen atoms in total. The predicted octanol–water partition coefficient (Wildman–Crippen LogP) is 6.03. The van der Waals surface area contributed by atoms with Crippen LogP contribution in [0.5, 0.6) is 0 Å². The van der Waals surface area contributed by atoms with Gasteiger partial charge in [-0.2, -0.15) is 11.8 Å². The lowest BCUT2D eigenvalue weighted by Crippen LogP contribution is -2.36. The molecule has 0 aromatic rings. The highest BCUT2D eigenvalue weighted by Gasteiger charge is 2.61. The van der Waals surface area contributed by atoms with Crippen molar-refractivity contribution in [3.8, 4) is 0 Å². The Kier molecular flexibility index (Phi) is 13.7. The number of thioether (sulfide) groups is 1. The van der Waals surface area contributed by atoms with Crippen LogP contribution in [0.15, 0.2) is 23.8 Å². The number of unbranched alkanes of at least 4 members (excludes halogenated alkanes) is 9. The second-order valence-corrected chi connectivity index (χ2v) is 15.9. The summed E-state index contributed by atoms with van der Waals surface area (Å²) < 4.78 is 17.2. The minimum Gasteiger partial charge on any atom is -0.461 e. The van der Waals surface area contributed by atoms with E-state index < -0.39 is 0 Å². The first kappa shape index (κ1) is 36.7. The molecular formula is C37H57N3O7S. The second kappa shape index (κ2) is 17.9. The van der Waals surface area contributed by atoms with E-state index >= 15 is 0 Å². The van der Waals surface area contributed by atoms with Gasteiger partial charge in [-0.3, -0.25) is 9.59 Å². The third-order valence-corrected chi connectivity index (χ3v) is 12.3. The van der Waals surface area contributed by atoms with E-state index in [1.165, 1.54) is 25.7 Å². The third-order valence-electron chi connectivity index (χ3n) is 10.8. The van der Waals surface area contributed by atoms with E-state index in [4.69, 9.17) is 14.2 Å². The molecule has 4 saturated heterocycles. The lowest BCUT2D eigenvalue weighted by atomic mass is 9.84. The van der Waals surface area contributed by atoms with Gasteiger partial charge in [-0.25, -0.2) is 9.59 Å². The molecule has 0 radical (unpaired) electrons. The molecule has 7 atom stereocenters. The number of fused-ring (bicyclic) bond motifs is 4. The van der Waals surface area contributed by atoms with E-state index in [0.29, 0.717) is 30.3 Å². The van der Waals surface area contributed by atoms with Gasteiger partial charge in [0.2, 0.25) is 5.91 Å². The standard InChI is InChI=1S/C37H57N3O7S/c1-25-27-20-19-26(15-14-21-37(2)34(47-37)33(27)46-35(25)43)23-45-31(42)18-10-8-6-4-3-5-7-9-13-22-38-30(41)17-12-11-16-29-32-28(24-48-29)39-36(44)40-32/h15,27-29,32-34H,1,3-14,16-24H2,2H3,(H,38,41)(H2,39,40,44)/b26-15+/t27-,28-,29-,32-,33-,34-,37+/m0/s1. The van der Waals surface area contributed by atoms with Gasteiger partial charge in [-0.15, -0.1) is 0 Å². The maximum atomic E-state index is 12.4. The molecule has 5 aliphatic rings. The summed E-state index contributed by atoms with van der Waals surface area (Å²) in [6.07, 6.45) is 19.1. The lowest BCUT2D eigenvalue weighted by Gasteiger charge is -2.20. The molecule has 4 heterocycles. The van der Waals surface area contributed by atoms with E-state index in [9.17, 15) is 19.2 Å². The maximum Gasteiger partial charge on any atom is 0.334 e. The number of rotatable bonds is 19. The van der Waals surface area contributed by atoms with Crippen LogP contribution in [0.1, 0.15) is 122 Å². The Hall–Kier alpha value is -2.53. The van der Waals surface area contributed by atoms with Crippen molar-refractivity contribution in [2.24, 2.45) is 5.92 Å². The fourth-order valence-electron chi connectivity index (χ4n) is 7.72. The molecule has 4 fully saturated rings. The molecule has 5 rings (SSSR count). The quantitative estimate of drug-likeness (QED) is 0.0374. The highest BCUT2D eigenvalue weighted by molar-refractivity contribution is 8.00. The molecule has 4 aliphatic heterocycles. The second-order valence-electron chi connectivity index (χ2n) is 14.6. The maximum absolute atomic E-state index is 12.4. The number of urea groups is 1. The first-order chi connectivity index (χ1) is 23.2. The summed E-state index contributed by atoms with van der Waals surface area (Å²) in [6.45, 7) is 7.12. The molecule has 0 aromatic carbocycles. The molecule has 1 aliphatic carbocycles. The van der Waals surface area contributed by atoms with Crippen molar-refractivity contribution in [2.75, 3.05) is 18.9 Å². The smallest absolute Gasteiger partial charge is 0.334 e. The molecule has 0 bridgehead atoms. The number of ether oxygens (including phenoxy) is 3. The van der Waals surface area contributed by atoms with Crippen molar-refractivity contribution in [2.45, 2.75) is 158 Å². The van der Waals surface area contributed by atoms with Crippen molar-refractivity contribution < 1.29 is 33.4 Å². The summed E-state index contributed by atoms with van der Waals surface area (Å²) in [4.78, 5) is 48.2. The van der Waals surface area contributed by atoms with Gasteiger partial charge < -0.3 is 30.2 Å². The molecule has 11 heteroatoms.